The molecule has 100 valence electrons. The maximum Gasteiger partial charge on any atom is 0.184 e. The van der Waals surface area contributed by atoms with Crippen molar-refractivity contribution in [2.24, 2.45) is 11.8 Å². The monoisotopic (exact) mass is 252 g/mol. The van der Waals surface area contributed by atoms with Crippen molar-refractivity contribution in [3.05, 3.63) is 24.3 Å². The lowest BCUT2D eigenvalue weighted by Gasteiger charge is -2.28. The lowest BCUT2D eigenvalue weighted by Crippen LogP contribution is -2.44. The highest BCUT2D eigenvalue weighted by molar-refractivity contribution is 6.00. The van der Waals surface area contributed by atoms with Gasteiger partial charge in [0.2, 0.25) is 0 Å². The Hall–Kier alpha value is -1.26. The summed E-state index contributed by atoms with van der Waals surface area (Å²) in [7, 11) is 0. The van der Waals surface area contributed by atoms with Crippen molar-refractivity contribution in [3.8, 4) is 0 Å². The van der Waals surface area contributed by atoms with Gasteiger partial charge in [-0.15, -0.1) is 0 Å². The van der Waals surface area contributed by atoms with Crippen LogP contribution in [0.3, 0.4) is 0 Å². The Kier molecular flexibility index (Phi) is 5.44. The zero-order valence-corrected chi connectivity index (χ0v) is 10.7. The lowest BCUT2D eigenvalue weighted by atomic mass is 9.77. The van der Waals surface area contributed by atoms with Gasteiger partial charge in [-0.3, -0.25) is 9.59 Å². The fourth-order valence-electron chi connectivity index (χ4n) is 2.04. The number of hydrogen-bond donors (Lipinski definition) is 2. The summed E-state index contributed by atoms with van der Waals surface area (Å²) in [6.07, 6.45) is 6.01. The Morgan fingerprint density at radius 2 is 2.22 bits per heavy atom. The summed E-state index contributed by atoms with van der Waals surface area (Å²) >= 11 is 0. The van der Waals surface area contributed by atoms with Crippen molar-refractivity contribution in [1.82, 2.24) is 0 Å². The molecule has 0 saturated heterocycles. The molecule has 4 nitrogen and oxygen atoms in total. The largest absolute Gasteiger partial charge is 0.386 e. The Balaban J connectivity index is 2.94. The molecule has 0 saturated carbocycles. The van der Waals surface area contributed by atoms with Crippen LogP contribution in [0.15, 0.2) is 24.3 Å². The Labute approximate surface area is 107 Å². The minimum Gasteiger partial charge on any atom is -0.386 e. The fourth-order valence-corrected chi connectivity index (χ4v) is 2.04. The molecule has 0 aromatic carbocycles. The van der Waals surface area contributed by atoms with Crippen molar-refractivity contribution >= 4 is 11.6 Å². The van der Waals surface area contributed by atoms with E-state index in [4.69, 9.17) is 0 Å². The minimum absolute atomic E-state index is 0.327. The van der Waals surface area contributed by atoms with Gasteiger partial charge in [0.1, 0.15) is 12.2 Å². The van der Waals surface area contributed by atoms with Crippen molar-refractivity contribution < 1.29 is 19.8 Å². The van der Waals surface area contributed by atoms with Crippen LogP contribution < -0.4 is 0 Å². The van der Waals surface area contributed by atoms with E-state index in [9.17, 15) is 19.8 Å². The minimum atomic E-state index is -1.35. The van der Waals surface area contributed by atoms with Crippen LogP contribution in [0.1, 0.15) is 26.7 Å². The second-order valence-corrected chi connectivity index (χ2v) is 4.60. The van der Waals surface area contributed by atoms with Crippen LogP contribution >= 0.6 is 0 Å². The van der Waals surface area contributed by atoms with E-state index in [-0.39, 0.29) is 5.92 Å². The van der Waals surface area contributed by atoms with E-state index in [2.05, 4.69) is 0 Å². The number of aliphatic hydroxyl groups is 2. The molecule has 0 aliphatic heterocycles. The first kappa shape index (κ1) is 14.8. The molecule has 0 heterocycles. The highest BCUT2D eigenvalue weighted by Gasteiger charge is 2.39. The van der Waals surface area contributed by atoms with E-state index in [0.717, 1.165) is 12.8 Å². The number of ketones is 2. The van der Waals surface area contributed by atoms with Crippen LogP contribution in [0, 0.1) is 11.8 Å². The van der Waals surface area contributed by atoms with Gasteiger partial charge in [-0.05, 0) is 19.4 Å². The molecule has 4 atom stereocenters. The number of Topliss-reactive ketones (excluding diaryl/α,β-unsaturated/α-hetero) is 1. The molecule has 1 aliphatic carbocycles. The Morgan fingerprint density at radius 3 is 2.78 bits per heavy atom. The first-order valence-electron chi connectivity index (χ1n) is 6.27. The molecule has 4 heteroatoms. The summed E-state index contributed by atoms with van der Waals surface area (Å²) in [5.74, 6) is -2.18. The lowest BCUT2D eigenvalue weighted by molar-refractivity contribution is -0.141. The summed E-state index contributed by atoms with van der Waals surface area (Å²) in [5, 5.41) is 19.2. The van der Waals surface area contributed by atoms with E-state index in [1.54, 1.807) is 6.08 Å². The van der Waals surface area contributed by atoms with Crippen molar-refractivity contribution in [2.45, 2.75) is 38.9 Å². The quantitative estimate of drug-likeness (QED) is 0.716. The van der Waals surface area contributed by atoms with E-state index in [1.807, 2.05) is 19.1 Å². The highest BCUT2D eigenvalue weighted by atomic mass is 16.3. The predicted molar refractivity (Wildman–Crippen MR) is 67.9 cm³/mol. The van der Waals surface area contributed by atoms with Gasteiger partial charge in [-0.25, -0.2) is 0 Å². The van der Waals surface area contributed by atoms with Gasteiger partial charge in [-0.1, -0.05) is 31.6 Å². The third-order valence-corrected chi connectivity index (χ3v) is 3.08. The molecule has 0 unspecified atom stereocenters. The predicted octanol–water partition coefficient (Wildman–Crippen LogP) is 1.02. The SMILES string of the molecule is CCC/C=C/[C@H]1C=CC(=O)[C@H](O)[C@@H]1C(=O)[C@@H](C)O. The molecule has 0 amide bonds. The van der Waals surface area contributed by atoms with Crippen LogP contribution in [-0.4, -0.2) is 34.0 Å². The van der Waals surface area contributed by atoms with Gasteiger partial charge < -0.3 is 10.2 Å². The van der Waals surface area contributed by atoms with Crippen molar-refractivity contribution in [3.63, 3.8) is 0 Å². The van der Waals surface area contributed by atoms with Crippen molar-refractivity contribution in [2.75, 3.05) is 0 Å². The molecule has 0 spiro atoms. The molecule has 0 aromatic rings. The number of hydrogen-bond acceptors (Lipinski definition) is 4. The van der Waals surface area contributed by atoms with Crippen LogP contribution in [-0.2, 0) is 9.59 Å². The van der Waals surface area contributed by atoms with E-state index in [1.165, 1.54) is 13.0 Å². The average molecular weight is 252 g/mol. The topological polar surface area (TPSA) is 74.6 Å². The van der Waals surface area contributed by atoms with Gasteiger partial charge in [0, 0.05) is 5.92 Å². The molecular formula is C14H20O4. The summed E-state index contributed by atoms with van der Waals surface area (Å²) in [6, 6.07) is 0. The molecule has 0 fully saturated rings. The summed E-state index contributed by atoms with van der Waals surface area (Å²) < 4.78 is 0. The van der Waals surface area contributed by atoms with Crippen molar-refractivity contribution in [1.29, 1.82) is 0 Å². The van der Waals surface area contributed by atoms with Gasteiger partial charge in [0.05, 0.1) is 5.92 Å². The fraction of sp³-hybridized carbons (Fsp3) is 0.571. The second kappa shape index (κ2) is 6.61. The molecule has 1 rings (SSSR count). The third-order valence-electron chi connectivity index (χ3n) is 3.08. The van der Waals surface area contributed by atoms with Gasteiger partial charge in [-0.2, -0.15) is 0 Å². The number of carbonyl (C=O) groups excluding carboxylic acids is 2. The smallest absolute Gasteiger partial charge is 0.184 e. The Bertz CT molecular complexity index is 368. The molecule has 2 N–H and O–H groups in total. The first-order valence-corrected chi connectivity index (χ1v) is 6.27. The zero-order chi connectivity index (χ0) is 13.7. The third kappa shape index (κ3) is 3.37. The zero-order valence-electron chi connectivity index (χ0n) is 10.7. The number of unbranched alkanes of at least 4 members (excludes halogenated alkanes) is 1. The molecule has 0 radical (unpaired) electrons. The molecule has 1 aliphatic rings. The second-order valence-electron chi connectivity index (χ2n) is 4.60. The molecule has 0 aromatic heterocycles. The molecule has 0 bridgehead atoms. The van der Waals surface area contributed by atoms with Gasteiger partial charge in [0.25, 0.3) is 0 Å². The number of aliphatic hydroxyl groups excluding tert-OH is 2. The summed E-state index contributed by atoms with van der Waals surface area (Å²) in [6.45, 7) is 3.39. The number of allylic oxidation sites excluding steroid dienone is 3. The average Bonchev–Trinajstić information content (AvgIpc) is 2.33. The maximum absolute atomic E-state index is 11.9. The normalized spacial score (nSPS) is 29.8. The Morgan fingerprint density at radius 1 is 1.56 bits per heavy atom. The summed E-state index contributed by atoms with van der Waals surface area (Å²) in [4.78, 5) is 23.3. The number of carbonyl (C=O) groups is 2. The van der Waals surface area contributed by atoms with Crippen LogP contribution in [0.2, 0.25) is 0 Å². The highest BCUT2D eigenvalue weighted by Crippen LogP contribution is 2.27. The molecular weight excluding hydrogens is 232 g/mol. The van der Waals surface area contributed by atoms with E-state index >= 15 is 0 Å². The maximum atomic E-state index is 11.9. The van der Waals surface area contributed by atoms with Gasteiger partial charge >= 0.3 is 0 Å². The van der Waals surface area contributed by atoms with Crippen LogP contribution in [0.5, 0.6) is 0 Å². The van der Waals surface area contributed by atoms with E-state index < -0.39 is 29.7 Å². The van der Waals surface area contributed by atoms with Crippen LogP contribution in [0.4, 0.5) is 0 Å². The number of rotatable bonds is 5. The standard InChI is InChI=1S/C14H20O4/c1-3-4-5-6-10-7-8-11(16)14(18)12(10)13(17)9(2)15/h5-10,12,14-15,18H,3-4H2,1-2H3/b6-5+/t9-,10+,12+,14+/m1/s1. The molecule has 18 heavy (non-hydrogen) atoms. The van der Waals surface area contributed by atoms with Crippen LogP contribution in [0.25, 0.3) is 0 Å². The van der Waals surface area contributed by atoms with Gasteiger partial charge in [0.15, 0.2) is 11.6 Å². The summed E-state index contributed by atoms with van der Waals surface area (Å²) in [5.41, 5.74) is 0. The first-order chi connectivity index (χ1) is 8.49. The van der Waals surface area contributed by atoms with E-state index in [0.29, 0.717) is 0 Å².